The largest absolute Gasteiger partial charge is 0.120 e. The second kappa shape index (κ2) is 10.3. The fourth-order valence-electron chi connectivity index (χ4n) is 9.58. The lowest BCUT2D eigenvalue weighted by Crippen LogP contribution is -2.45. The average Bonchev–Trinajstić information content (AvgIpc) is 3.14. The van der Waals surface area contributed by atoms with Crippen molar-refractivity contribution in [2.45, 2.75) is 130 Å². The number of terminal acetylenes is 1. The first kappa shape index (κ1) is 24.4. The third-order valence-corrected chi connectivity index (χ3v) is 11.1. The van der Waals surface area contributed by atoms with Gasteiger partial charge in [-0.3, -0.25) is 0 Å². The van der Waals surface area contributed by atoms with E-state index in [2.05, 4.69) is 39.7 Å². The first-order valence-electron chi connectivity index (χ1n) is 14.6. The van der Waals surface area contributed by atoms with Crippen molar-refractivity contribution in [2.24, 2.45) is 46.3 Å². The zero-order chi connectivity index (χ0) is 22.8. The summed E-state index contributed by atoms with van der Waals surface area (Å²) >= 11 is 0. The number of hydrogen-bond acceptors (Lipinski definition) is 0. The molecule has 0 heterocycles. The van der Waals surface area contributed by atoms with Gasteiger partial charge in [-0.1, -0.05) is 70.9 Å². The molecule has 0 nitrogen and oxygen atoms in total. The van der Waals surface area contributed by atoms with E-state index in [0.29, 0.717) is 5.41 Å². The van der Waals surface area contributed by atoms with Gasteiger partial charge in [-0.05, 0) is 118 Å². The topological polar surface area (TPSA) is 0 Å². The highest BCUT2D eigenvalue weighted by molar-refractivity contribution is 5.19. The van der Waals surface area contributed by atoms with E-state index in [1.807, 2.05) is 5.57 Å². The molecular weight excluding hydrogens is 384 g/mol. The first-order chi connectivity index (χ1) is 15.5. The molecule has 0 N–H and O–H groups in total. The Morgan fingerprint density at radius 2 is 1.88 bits per heavy atom. The maximum absolute atomic E-state index is 6.11. The number of allylic oxidation sites excluding steroid dienone is 2. The Bertz CT molecular complexity index is 685. The van der Waals surface area contributed by atoms with Gasteiger partial charge >= 0.3 is 0 Å². The van der Waals surface area contributed by atoms with Crippen LogP contribution in [0.25, 0.3) is 0 Å². The molecule has 0 aromatic heterocycles. The molecule has 0 aromatic carbocycles. The molecular formula is C32H52. The minimum Gasteiger partial charge on any atom is -0.120 e. The number of fused-ring (bicyclic) bond motifs is 5. The van der Waals surface area contributed by atoms with Gasteiger partial charge in [-0.25, -0.2) is 0 Å². The predicted octanol–water partition coefficient (Wildman–Crippen LogP) is 9.59. The molecule has 7 unspecified atom stereocenters. The molecule has 0 aromatic rings. The van der Waals surface area contributed by atoms with Crippen molar-refractivity contribution < 1.29 is 0 Å². The molecule has 0 heteroatoms. The molecule has 3 saturated carbocycles. The molecule has 4 aliphatic carbocycles. The predicted molar refractivity (Wildman–Crippen MR) is 139 cm³/mol. The van der Waals surface area contributed by atoms with Crippen LogP contribution in [0.2, 0.25) is 0 Å². The summed E-state index contributed by atoms with van der Waals surface area (Å²) in [7, 11) is 0. The first-order valence-corrected chi connectivity index (χ1v) is 14.6. The van der Waals surface area contributed by atoms with Crippen molar-refractivity contribution >= 4 is 0 Å². The van der Waals surface area contributed by atoms with E-state index in [0.717, 1.165) is 35.5 Å². The lowest BCUT2D eigenvalue weighted by atomic mass is 9.51. The van der Waals surface area contributed by atoms with Crippen molar-refractivity contribution in [1.29, 1.82) is 0 Å². The fourth-order valence-corrected chi connectivity index (χ4v) is 9.58. The van der Waals surface area contributed by atoms with Gasteiger partial charge in [0.05, 0.1) is 0 Å². The van der Waals surface area contributed by atoms with E-state index < -0.39 is 0 Å². The highest BCUT2D eigenvalue weighted by atomic mass is 14.6. The van der Waals surface area contributed by atoms with Crippen LogP contribution in [-0.2, 0) is 0 Å². The monoisotopic (exact) mass is 436 g/mol. The highest BCUT2D eigenvalue weighted by Crippen LogP contribution is 2.64. The molecule has 3 fully saturated rings. The minimum absolute atomic E-state index is 0.162. The fraction of sp³-hybridized carbons (Fsp3) is 0.875. The molecule has 4 rings (SSSR count). The molecule has 0 aliphatic heterocycles. The molecule has 32 heavy (non-hydrogen) atoms. The van der Waals surface area contributed by atoms with E-state index in [-0.39, 0.29) is 5.41 Å². The van der Waals surface area contributed by atoms with Gasteiger partial charge in [0.2, 0.25) is 0 Å². The summed E-state index contributed by atoms with van der Waals surface area (Å²) in [5, 5.41) is 0. The van der Waals surface area contributed by atoms with E-state index >= 15 is 0 Å². The molecule has 0 spiro atoms. The third kappa shape index (κ3) is 4.62. The summed E-state index contributed by atoms with van der Waals surface area (Å²) in [5.41, 5.74) is 2.66. The van der Waals surface area contributed by atoms with Crippen LogP contribution >= 0.6 is 0 Å². The standard InChI is InChI=1S/C32H52/c1-6-20-32(8-3,21-7-2)23-24(4)13-15-26-16-18-30-29-17-14-25-11-9-10-12-27(25)28(29)19-22-31(26,30)5/h3,14,24,26-30H,6-7,9-13,15-23H2,1-2,4-5H3. The Balaban J connectivity index is 1.37. The Labute approximate surface area is 200 Å². The summed E-state index contributed by atoms with van der Waals surface area (Å²) in [4.78, 5) is 0. The van der Waals surface area contributed by atoms with Crippen LogP contribution in [0, 0.1) is 58.7 Å². The molecule has 0 bridgehead atoms. The van der Waals surface area contributed by atoms with Crippen LogP contribution in [0.15, 0.2) is 11.6 Å². The van der Waals surface area contributed by atoms with Crippen molar-refractivity contribution in [1.82, 2.24) is 0 Å². The maximum Gasteiger partial charge on any atom is 0.0314 e. The van der Waals surface area contributed by atoms with Crippen molar-refractivity contribution in [3.63, 3.8) is 0 Å². The van der Waals surface area contributed by atoms with Crippen molar-refractivity contribution in [3.05, 3.63) is 11.6 Å². The van der Waals surface area contributed by atoms with E-state index in [9.17, 15) is 0 Å². The van der Waals surface area contributed by atoms with Gasteiger partial charge in [-0.15, -0.1) is 6.42 Å². The maximum atomic E-state index is 6.11. The summed E-state index contributed by atoms with van der Waals surface area (Å²) in [6.45, 7) is 9.83. The summed E-state index contributed by atoms with van der Waals surface area (Å²) in [6, 6.07) is 0. The molecule has 0 saturated heterocycles. The summed E-state index contributed by atoms with van der Waals surface area (Å²) in [5.74, 6) is 9.03. The van der Waals surface area contributed by atoms with Crippen LogP contribution in [0.3, 0.4) is 0 Å². The zero-order valence-electron chi connectivity index (χ0n) is 21.9. The Hall–Kier alpha value is -0.700. The second-order valence-corrected chi connectivity index (χ2v) is 12.9. The smallest absolute Gasteiger partial charge is 0.0314 e. The lowest BCUT2D eigenvalue weighted by Gasteiger charge is -2.53. The zero-order valence-corrected chi connectivity index (χ0v) is 21.9. The summed E-state index contributed by atoms with van der Waals surface area (Å²) < 4.78 is 0. The van der Waals surface area contributed by atoms with Gasteiger partial charge < -0.3 is 0 Å². The highest BCUT2D eigenvalue weighted by Gasteiger charge is 2.55. The Morgan fingerprint density at radius 1 is 1.09 bits per heavy atom. The van der Waals surface area contributed by atoms with Crippen LogP contribution in [0.1, 0.15) is 130 Å². The summed E-state index contributed by atoms with van der Waals surface area (Å²) in [6.07, 6.45) is 31.2. The van der Waals surface area contributed by atoms with Crippen molar-refractivity contribution in [2.75, 3.05) is 0 Å². The molecule has 7 atom stereocenters. The van der Waals surface area contributed by atoms with E-state index in [1.54, 1.807) is 0 Å². The number of hydrogen-bond donors (Lipinski definition) is 0. The Kier molecular flexibility index (Phi) is 7.85. The van der Waals surface area contributed by atoms with Gasteiger partial charge in [0, 0.05) is 5.41 Å². The second-order valence-electron chi connectivity index (χ2n) is 12.9. The van der Waals surface area contributed by atoms with Gasteiger partial charge in [-0.2, -0.15) is 0 Å². The molecule has 0 amide bonds. The van der Waals surface area contributed by atoms with Crippen LogP contribution in [0.4, 0.5) is 0 Å². The minimum atomic E-state index is 0.162. The van der Waals surface area contributed by atoms with Gasteiger partial charge in [0.25, 0.3) is 0 Å². The van der Waals surface area contributed by atoms with Gasteiger partial charge in [0.15, 0.2) is 0 Å². The van der Waals surface area contributed by atoms with E-state index in [1.165, 1.54) is 103 Å². The quantitative estimate of drug-likeness (QED) is 0.249. The number of rotatable bonds is 9. The van der Waals surface area contributed by atoms with E-state index in [4.69, 9.17) is 6.42 Å². The third-order valence-electron chi connectivity index (χ3n) is 11.1. The van der Waals surface area contributed by atoms with Crippen LogP contribution in [0.5, 0.6) is 0 Å². The van der Waals surface area contributed by atoms with Crippen molar-refractivity contribution in [3.8, 4) is 12.3 Å². The lowest BCUT2D eigenvalue weighted by molar-refractivity contribution is -0.0150. The van der Waals surface area contributed by atoms with Gasteiger partial charge in [0.1, 0.15) is 0 Å². The SMILES string of the molecule is C#CC(CCC)(CCC)CC(C)CCC1CCC2C3CC=C4CCCCC4C3CCC12C. The Morgan fingerprint density at radius 3 is 2.59 bits per heavy atom. The molecule has 4 aliphatic rings. The average molecular weight is 437 g/mol. The van der Waals surface area contributed by atoms with Crippen LogP contribution in [-0.4, -0.2) is 0 Å². The molecule has 180 valence electrons. The van der Waals surface area contributed by atoms with Crippen LogP contribution < -0.4 is 0 Å². The normalized spacial score (nSPS) is 37.6. The molecule has 0 radical (unpaired) electrons.